The highest BCUT2D eigenvalue weighted by Crippen LogP contribution is 2.12. The second kappa shape index (κ2) is 12.3. The second-order valence-electron chi connectivity index (χ2n) is 6.09. The zero-order chi connectivity index (χ0) is 21.8. The molecule has 0 spiro atoms. The van der Waals surface area contributed by atoms with Crippen molar-refractivity contribution in [2.45, 2.75) is 20.0 Å². The summed E-state index contributed by atoms with van der Waals surface area (Å²) < 4.78 is 19.5. The highest BCUT2D eigenvalue weighted by atomic mass is 16.6. The molecule has 0 fully saturated rings. The number of ether oxygens (including phenoxy) is 4. The molecule has 0 saturated carbocycles. The normalized spacial score (nSPS) is 11.3. The lowest BCUT2D eigenvalue weighted by Gasteiger charge is -2.14. The quantitative estimate of drug-likeness (QED) is 0.249. The van der Waals surface area contributed by atoms with Crippen LogP contribution in [0.3, 0.4) is 0 Å². The number of esters is 4. The zero-order valence-corrected chi connectivity index (χ0v) is 16.3. The highest BCUT2D eigenvalue weighted by Gasteiger charge is 2.20. The monoisotopic (exact) mass is 408 g/mol. The number of rotatable bonds is 11. The van der Waals surface area contributed by atoms with Gasteiger partial charge < -0.3 is 24.1 Å². The number of carbonyl (C=O) groups excluding carboxylic acids is 4. The predicted molar refractivity (Wildman–Crippen MR) is 100.0 cm³/mol. The van der Waals surface area contributed by atoms with E-state index in [0.29, 0.717) is 0 Å². The maximum atomic E-state index is 12.2. The molecule has 0 saturated heterocycles. The fourth-order valence-electron chi connectivity index (χ4n) is 1.90. The van der Waals surface area contributed by atoms with Crippen molar-refractivity contribution in [1.29, 1.82) is 0 Å². The molecule has 9 nitrogen and oxygen atoms in total. The van der Waals surface area contributed by atoms with Crippen LogP contribution in [-0.2, 0) is 28.5 Å². The van der Waals surface area contributed by atoms with Gasteiger partial charge in [0.25, 0.3) is 0 Å². The Morgan fingerprint density at radius 2 is 1.45 bits per heavy atom. The van der Waals surface area contributed by atoms with Crippen LogP contribution in [0.4, 0.5) is 0 Å². The Labute approximate surface area is 168 Å². The number of aliphatic hydroxyl groups excluding tert-OH is 1. The predicted octanol–water partition coefficient (Wildman–Crippen LogP) is 1.29. The minimum absolute atomic E-state index is 0.0479. The van der Waals surface area contributed by atoms with E-state index in [2.05, 4.69) is 11.3 Å². The molecule has 0 aliphatic heterocycles. The van der Waals surface area contributed by atoms with Crippen LogP contribution in [-0.4, -0.2) is 61.5 Å². The number of hydrogen-bond donors (Lipinski definition) is 1. The van der Waals surface area contributed by atoms with Gasteiger partial charge in [-0.25, -0.2) is 14.4 Å². The molecule has 1 atom stereocenters. The van der Waals surface area contributed by atoms with E-state index in [1.165, 1.54) is 24.3 Å². The van der Waals surface area contributed by atoms with E-state index in [1.54, 1.807) is 13.8 Å². The Hall–Kier alpha value is -3.20. The van der Waals surface area contributed by atoms with E-state index in [1.807, 2.05) is 0 Å². The number of carbonyl (C=O) groups is 4. The largest absolute Gasteiger partial charge is 0.463 e. The lowest BCUT2D eigenvalue weighted by molar-refractivity contribution is -0.151. The van der Waals surface area contributed by atoms with Crippen molar-refractivity contribution in [1.82, 2.24) is 0 Å². The molecule has 0 heterocycles. The molecule has 0 aromatic heterocycles. The molecule has 0 amide bonds. The van der Waals surface area contributed by atoms with Gasteiger partial charge in [0.15, 0.2) is 0 Å². The van der Waals surface area contributed by atoms with E-state index >= 15 is 0 Å². The lowest BCUT2D eigenvalue weighted by atomic mass is 10.1. The summed E-state index contributed by atoms with van der Waals surface area (Å²) in [5, 5.41) is 9.77. The SMILES string of the molecule is C=CC(=O)OCCOC(=O)c1ccccc1C(=O)OCC(O)COC(=O)C(C)C. The van der Waals surface area contributed by atoms with Crippen LogP contribution in [0.5, 0.6) is 0 Å². The fraction of sp³-hybridized carbons (Fsp3) is 0.400. The van der Waals surface area contributed by atoms with Crippen LogP contribution in [0.25, 0.3) is 0 Å². The van der Waals surface area contributed by atoms with E-state index in [9.17, 15) is 24.3 Å². The van der Waals surface area contributed by atoms with Gasteiger partial charge in [0, 0.05) is 6.08 Å². The molecule has 1 aromatic rings. The van der Waals surface area contributed by atoms with Crippen molar-refractivity contribution < 1.29 is 43.2 Å². The first-order valence-electron chi connectivity index (χ1n) is 8.83. The zero-order valence-electron chi connectivity index (χ0n) is 16.3. The van der Waals surface area contributed by atoms with Crippen molar-refractivity contribution in [3.8, 4) is 0 Å². The van der Waals surface area contributed by atoms with E-state index < -0.39 is 36.6 Å². The van der Waals surface area contributed by atoms with Gasteiger partial charge in [-0.05, 0) is 12.1 Å². The van der Waals surface area contributed by atoms with Gasteiger partial charge in [0.1, 0.15) is 32.5 Å². The number of hydrogen-bond acceptors (Lipinski definition) is 9. The molecule has 0 bridgehead atoms. The molecular formula is C20H24O9. The summed E-state index contributed by atoms with van der Waals surface area (Å²) in [7, 11) is 0. The first kappa shape index (κ1) is 23.8. The van der Waals surface area contributed by atoms with Gasteiger partial charge in [-0.15, -0.1) is 0 Å². The minimum atomic E-state index is -1.21. The summed E-state index contributed by atoms with van der Waals surface area (Å²) >= 11 is 0. The molecule has 1 rings (SSSR count). The molecule has 0 radical (unpaired) electrons. The van der Waals surface area contributed by atoms with Crippen LogP contribution in [0.2, 0.25) is 0 Å². The third-order valence-corrected chi connectivity index (χ3v) is 3.39. The lowest BCUT2D eigenvalue weighted by Crippen LogP contribution is -2.27. The average molecular weight is 408 g/mol. The van der Waals surface area contributed by atoms with Crippen molar-refractivity contribution in [2.75, 3.05) is 26.4 Å². The summed E-state index contributed by atoms with van der Waals surface area (Å²) in [5.74, 6) is -3.14. The summed E-state index contributed by atoms with van der Waals surface area (Å²) in [4.78, 5) is 46.7. The number of aliphatic hydroxyl groups is 1. The molecule has 29 heavy (non-hydrogen) atoms. The summed E-state index contributed by atoms with van der Waals surface area (Å²) in [6, 6.07) is 5.79. The average Bonchev–Trinajstić information content (AvgIpc) is 2.72. The van der Waals surface area contributed by atoms with Crippen LogP contribution >= 0.6 is 0 Å². The Kier molecular flexibility index (Phi) is 10.1. The first-order chi connectivity index (χ1) is 13.8. The van der Waals surface area contributed by atoms with Gasteiger partial charge in [0.05, 0.1) is 17.0 Å². The fourth-order valence-corrected chi connectivity index (χ4v) is 1.90. The molecule has 9 heteroatoms. The molecule has 158 valence electrons. The summed E-state index contributed by atoms with van der Waals surface area (Å²) in [6.45, 7) is 5.41. The Balaban J connectivity index is 2.57. The highest BCUT2D eigenvalue weighted by molar-refractivity contribution is 6.03. The first-order valence-corrected chi connectivity index (χ1v) is 8.83. The third kappa shape index (κ3) is 8.56. The topological polar surface area (TPSA) is 125 Å². The van der Waals surface area contributed by atoms with Crippen LogP contribution in [0.15, 0.2) is 36.9 Å². The summed E-state index contributed by atoms with van der Waals surface area (Å²) in [5.41, 5.74) is -0.111. The second-order valence-corrected chi connectivity index (χ2v) is 6.09. The van der Waals surface area contributed by atoms with Crippen LogP contribution in [0, 0.1) is 5.92 Å². The van der Waals surface area contributed by atoms with E-state index in [4.69, 9.17) is 14.2 Å². The maximum Gasteiger partial charge on any atom is 0.339 e. The third-order valence-electron chi connectivity index (χ3n) is 3.39. The molecule has 0 aliphatic carbocycles. The van der Waals surface area contributed by atoms with Crippen molar-refractivity contribution in [3.63, 3.8) is 0 Å². The molecular weight excluding hydrogens is 384 g/mol. The molecule has 1 unspecified atom stereocenters. The molecule has 1 N–H and O–H groups in total. The Bertz CT molecular complexity index is 739. The van der Waals surface area contributed by atoms with Crippen molar-refractivity contribution in [2.24, 2.45) is 5.92 Å². The smallest absolute Gasteiger partial charge is 0.339 e. The van der Waals surface area contributed by atoms with E-state index in [-0.39, 0.29) is 36.9 Å². The van der Waals surface area contributed by atoms with Crippen LogP contribution in [0.1, 0.15) is 34.6 Å². The minimum Gasteiger partial charge on any atom is -0.463 e. The molecule has 1 aromatic carbocycles. The van der Waals surface area contributed by atoms with Gasteiger partial charge in [-0.2, -0.15) is 0 Å². The van der Waals surface area contributed by atoms with Crippen molar-refractivity contribution in [3.05, 3.63) is 48.0 Å². The standard InChI is InChI=1S/C20H24O9/c1-4-17(22)26-9-10-27-19(24)15-7-5-6-8-16(15)20(25)29-12-14(21)11-28-18(23)13(2)3/h4-8,13-14,21H,1,9-12H2,2-3H3. The van der Waals surface area contributed by atoms with E-state index in [0.717, 1.165) is 6.08 Å². The van der Waals surface area contributed by atoms with Gasteiger partial charge in [-0.3, -0.25) is 4.79 Å². The van der Waals surface area contributed by atoms with Crippen LogP contribution < -0.4 is 0 Å². The molecule has 0 aliphatic rings. The Morgan fingerprint density at radius 3 is 2.00 bits per heavy atom. The Morgan fingerprint density at radius 1 is 0.931 bits per heavy atom. The van der Waals surface area contributed by atoms with Gasteiger partial charge >= 0.3 is 23.9 Å². The van der Waals surface area contributed by atoms with Gasteiger partial charge in [-0.1, -0.05) is 32.6 Å². The summed E-state index contributed by atoms with van der Waals surface area (Å²) in [6.07, 6.45) is -0.231. The maximum absolute atomic E-state index is 12.2. The van der Waals surface area contributed by atoms with Gasteiger partial charge in [0.2, 0.25) is 0 Å². The number of benzene rings is 1. The van der Waals surface area contributed by atoms with Crippen molar-refractivity contribution >= 4 is 23.9 Å².